The number of hydrogen-bond donors (Lipinski definition) is 4. The molecule has 3 aromatic rings. The lowest BCUT2D eigenvalue weighted by Gasteiger charge is -2.10. The number of phenols is 1. The van der Waals surface area contributed by atoms with Crippen molar-refractivity contribution >= 4 is 62.6 Å². The van der Waals surface area contributed by atoms with E-state index in [0.717, 1.165) is 30.3 Å². The van der Waals surface area contributed by atoms with Crippen LogP contribution in [0.25, 0.3) is 10.8 Å². The Morgan fingerprint density at radius 3 is 2.00 bits per heavy atom. The first-order valence-electron chi connectivity index (χ1n) is 9.50. The summed E-state index contributed by atoms with van der Waals surface area (Å²) in [6.45, 7) is -0.926. The van der Waals surface area contributed by atoms with E-state index in [1.807, 2.05) is 0 Å². The second-order valence-corrected chi connectivity index (χ2v) is 13.1. The molecule has 15 nitrogen and oxygen atoms in total. The van der Waals surface area contributed by atoms with Crippen molar-refractivity contribution in [1.29, 1.82) is 0 Å². The molecule has 0 bridgehead atoms. The van der Waals surface area contributed by atoms with Gasteiger partial charge >= 0.3 is 10.4 Å². The van der Waals surface area contributed by atoms with Crippen molar-refractivity contribution in [2.24, 2.45) is 10.2 Å². The first-order valence-corrected chi connectivity index (χ1v) is 15.4. The molecule has 3 aromatic carbocycles. The molecule has 0 unspecified atom stereocenters. The highest BCUT2D eigenvalue weighted by Crippen LogP contribution is 2.42. The predicted octanol–water partition coefficient (Wildman–Crippen LogP) is 2.05. The number of hydrogen-bond acceptors (Lipinski definition) is 12. The highest BCUT2D eigenvalue weighted by Gasteiger charge is 2.24. The molecular weight excluding hydrogens is 580 g/mol. The minimum absolute atomic E-state index is 0.0945. The Kier molecular flexibility index (Phi) is 7.73. The lowest BCUT2D eigenvalue weighted by molar-refractivity contribution is 0.284. The zero-order chi connectivity index (χ0) is 27.8. The van der Waals surface area contributed by atoms with E-state index >= 15 is 0 Å². The van der Waals surface area contributed by atoms with Gasteiger partial charge in [0, 0.05) is 5.39 Å². The molecule has 0 atom stereocenters. The van der Waals surface area contributed by atoms with Gasteiger partial charge in [-0.3, -0.25) is 13.7 Å². The largest absolute Gasteiger partial charge is 0.504 e. The van der Waals surface area contributed by atoms with E-state index in [1.54, 1.807) is 0 Å². The normalized spacial score (nSPS) is 13.4. The van der Waals surface area contributed by atoms with E-state index in [4.69, 9.17) is 4.55 Å². The average molecular weight is 597 g/mol. The van der Waals surface area contributed by atoms with Gasteiger partial charge in [-0.15, -0.1) is 10.2 Å². The topological polar surface area (TPSA) is 251 Å². The quantitative estimate of drug-likeness (QED) is 0.204. The lowest BCUT2D eigenvalue weighted by atomic mass is 10.1. The summed E-state index contributed by atoms with van der Waals surface area (Å²) in [4.78, 5) is -2.19. The molecule has 0 amide bonds. The summed E-state index contributed by atoms with van der Waals surface area (Å²) in [6, 6.07) is 8.44. The lowest BCUT2D eigenvalue weighted by Crippen LogP contribution is -2.15. The second kappa shape index (κ2) is 10.0. The molecular formula is C18H16N2O13S4. The monoisotopic (exact) mass is 596 g/mol. The number of fused-ring (bicyclic) bond motifs is 1. The van der Waals surface area contributed by atoms with Crippen LogP contribution < -0.4 is 0 Å². The molecule has 0 heterocycles. The second-order valence-electron chi connectivity index (χ2n) is 7.14. The van der Waals surface area contributed by atoms with Crippen molar-refractivity contribution in [3.8, 4) is 5.75 Å². The number of phenolic OH excluding ortho intramolecular Hbond substituents is 1. The van der Waals surface area contributed by atoms with Crippen molar-refractivity contribution in [3.63, 3.8) is 0 Å². The van der Waals surface area contributed by atoms with Gasteiger partial charge in [-0.1, -0.05) is 18.2 Å². The summed E-state index contributed by atoms with van der Waals surface area (Å²) in [6.07, 6.45) is 0. The van der Waals surface area contributed by atoms with Crippen LogP contribution in [0.1, 0.15) is 0 Å². The minimum atomic E-state index is -5.08. The van der Waals surface area contributed by atoms with E-state index in [0.29, 0.717) is 0 Å². The van der Waals surface area contributed by atoms with Crippen LogP contribution in [-0.2, 0) is 44.7 Å². The minimum Gasteiger partial charge on any atom is -0.504 e. The Morgan fingerprint density at radius 1 is 0.757 bits per heavy atom. The number of aromatic hydroxyl groups is 1. The number of azo groups is 1. The molecule has 4 N–H and O–H groups in total. The molecule has 200 valence electrons. The van der Waals surface area contributed by atoms with Crippen LogP contribution in [0.2, 0.25) is 0 Å². The molecule has 0 aliphatic rings. The Balaban J connectivity index is 2.17. The Bertz CT molecular complexity index is 1850. The van der Waals surface area contributed by atoms with Gasteiger partial charge in [0.05, 0.1) is 22.2 Å². The highest BCUT2D eigenvalue weighted by molar-refractivity contribution is 7.91. The van der Waals surface area contributed by atoms with E-state index in [1.165, 1.54) is 18.2 Å². The number of rotatable bonds is 9. The van der Waals surface area contributed by atoms with Crippen LogP contribution in [0.15, 0.2) is 73.4 Å². The molecule has 0 aliphatic heterocycles. The molecule has 3 rings (SSSR count). The molecule has 0 spiro atoms. The summed E-state index contributed by atoms with van der Waals surface area (Å²) in [5.74, 6) is -2.00. The van der Waals surface area contributed by atoms with Gasteiger partial charge < -0.3 is 5.11 Å². The van der Waals surface area contributed by atoms with Crippen molar-refractivity contribution < 1.29 is 56.6 Å². The molecule has 0 fully saturated rings. The zero-order valence-electron chi connectivity index (χ0n) is 18.0. The van der Waals surface area contributed by atoms with Gasteiger partial charge in [-0.05, 0) is 35.7 Å². The first kappa shape index (κ1) is 28.5. The van der Waals surface area contributed by atoms with Crippen molar-refractivity contribution in [1.82, 2.24) is 0 Å². The van der Waals surface area contributed by atoms with Crippen molar-refractivity contribution in [2.75, 3.05) is 12.4 Å². The summed E-state index contributed by atoms with van der Waals surface area (Å²) >= 11 is 0. The molecule has 0 aromatic heterocycles. The number of nitrogens with zero attached hydrogens (tertiary/aromatic N) is 2. The Labute approximate surface area is 210 Å². The van der Waals surface area contributed by atoms with Crippen molar-refractivity contribution in [2.45, 2.75) is 14.7 Å². The molecule has 0 saturated carbocycles. The molecule has 0 saturated heterocycles. The van der Waals surface area contributed by atoms with Gasteiger partial charge in [0.2, 0.25) is 0 Å². The fourth-order valence-corrected chi connectivity index (χ4v) is 5.82. The third-order valence-electron chi connectivity index (χ3n) is 4.64. The molecule has 37 heavy (non-hydrogen) atoms. The van der Waals surface area contributed by atoms with Crippen molar-refractivity contribution in [3.05, 3.63) is 48.5 Å². The van der Waals surface area contributed by atoms with Crippen LogP contribution in [0.5, 0.6) is 5.75 Å². The van der Waals surface area contributed by atoms with Gasteiger partial charge in [0.15, 0.2) is 15.6 Å². The summed E-state index contributed by atoms with van der Waals surface area (Å²) in [7, 11) is -19.0. The SMILES string of the molecule is O=S(=O)(O)OCCS(=O)(=O)c1ccccc1/N=N/c1c(O)c(S(=O)(=O)O)cc2cc(S(=O)(=O)O)ccc12. The Hall–Kier alpha value is -3.04. The number of sulfone groups is 1. The summed E-state index contributed by atoms with van der Waals surface area (Å²) in [5.41, 5.74) is -0.942. The van der Waals surface area contributed by atoms with Crippen LogP contribution in [-0.4, -0.2) is 64.8 Å². The van der Waals surface area contributed by atoms with E-state index in [-0.39, 0.29) is 16.5 Å². The average Bonchev–Trinajstić information content (AvgIpc) is 2.75. The predicted molar refractivity (Wildman–Crippen MR) is 125 cm³/mol. The number of benzene rings is 3. The molecule has 0 aliphatic carbocycles. The maximum absolute atomic E-state index is 12.6. The summed E-state index contributed by atoms with van der Waals surface area (Å²) in [5, 5.41) is 17.6. The van der Waals surface area contributed by atoms with E-state index in [9.17, 15) is 47.9 Å². The summed E-state index contributed by atoms with van der Waals surface area (Å²) < 4.78 is 124. The van der Waals surface area contributed by atoms with Gasteiger partial charge in [0.1, 0.15) is 16.3 Å². The first-order chi connectivity index (χ1) is 16.9. The van der Waals surface area contributed by atoms with Crippen LogP contribution in [0.4, 0.5) is 11.4 Å². The zero-order valence-corrected chi connectivity index (χ0v) is 21.3. The van der Waals surface area contributed by atoms with Crippen LogP contribution >= 0.6 is 0 Å². The Morgan fingerprint density at radius 2 is 1.41 bits per heavy atom. The molecule has 0 radical (unpaired) electrons. The van der Waals surface area contributed by atoms with Crippen LogP contribution in [0.3, 0.4) is 0 Å². The molecule has 19 heteroatoms. The fourth-order valence-electron chi connectivity index (χ4n) is 3.05. The highest BCUT2D eigenvalue weighted by atomic mass is 32.3. The van der Waals surface area contributed by atoms with Crippen LogP contribution in [0, 0.1) is 0 Å². The fraction of sp³-hybridized carbons (Fsp3) is 0.111. The third-order valence-corrected chi connectivity index (χ3v) is 8.54. The van der Waals surface area contributed by atoms with Gasteiger partial charge in [-0.2, -0.15) is 25.3 Å². The standard InChI is InChI=1S/C18H16N2O13S4/c21-18-16(36(27,28)29)10-11-9-12(35(24,25)26)5-6-13(11)17(18)20-19-14-3-1-2-4-15(14)34(22,23)8-7-33-37(30,31)32/h1-6,9-10,21H,7-8H2,(H,24,25,26)(H,27,28,29)(H,30,31,32)/b20-19+. The van der Waals surface area contributed by atoms with E-state index < -0.39 is 79.0 Å². The van der Waals surface area contributed by atoms with E-state index in [2.05, 4.69) is 14.4 Å². The third kappa shape index (κ3) is 6.84. The smallest absolute Gasteiger partial charge is 0.397 e. The van der Waals surface area contributed by atoms with Gasteiger partial charge in [-0.25, -0.2) is 12.6 Å². The van der Waals surface area contributed by atoms with Gasteiger partial charge in [0.25, 0.3) is 20.2 Å². The maximum atomic E-state index is 12.6. The maximum Gasteiger partial charge on any atom is 0.397 e.